The van der Waals surface area contributed by atoms with Gasteiger partial charge in [-0.1, -0.05) is 23.9 Å². The maximum atomic E-state index is 13.0. The molecule has 130 valence electrons. The fourth-order valence-electron chi connectivity index (χ4n) is 2.37. The molecule has 0 bridgehead atoms. The number of imidazole rings is 1. The second kappa shape index (κ2) is 7.27. The molecule has 2 heterocycles. The smallest absolute Gasteiger partial charge is 0.236 e. The van der Waals surface area contributed by atoms with E-state index in [2.05, 4.69) is 20.3 Å². The first-order chi connectivity index (χ1) is 12.7. The predicted molar refractivity (Wildman–Crippen MR) is 103 cm³/mol. The first kappa shape index (κ1) is 16.7. The van der Waals surface area contributed by atoms with Crippen LogP contribution in [0, 0.1) is 5.82 Å². The lowest BCUT2D eigenvalue weighted by molar-refractivity contribution is -0.113. The fourth-order valence-corrected chi connectivity index (χ4v) is 3.79. The zero-order valence-electron chi connectivity index (χ0n) is 13.4. The number of aromatic amines is 1. The molecule has 0 saturated heterocycles. The van der Waals surface area contributed by atoms with Crippen LogP contribution in [0.3, 0.4) is 0 Å². The third kappa shape index (κ3) is 3.76. The number of thioether (sulfide) groups is 1. The molecule has 5 nitrogen and oxygen atoms in total. The SMILES string of the molecule is O=C(CSc1nc2ccccc2[nH]1)Nc1nc(-c2ccc(F)cc2)cs1. The molecule has 0 fully saturated rings. The number of para-hydroxylation sites is 2. The van der Waals surface area contributed by atoms with Gasteiger partial charge in [0.2, 0.25) is 5.91 Å². The molecule has 0 saturated carbocycles. The molecule has 2 N–H and O–H groups in total. The molecule has 4 rings (SSSR count). The minimum atomic E-state index is -0.292. The number of halogens is 1. The summed E-state index contributed by atoms with van der Waals surface area (Å²) in [5, 5.41) is 5.82. The van der Waals surface area contributed by atoms with E-state index >= 15 is 0 Å². The highest BCUT2D eigenvalue weighted by Crippen LogP contribution is 2.25. The Bertz CT molecular complexity index is 1030. The summed E-state index contributed by atoms with van der Waals surface area (Å²) >= 11 is 2.67. The van der Waals surface area contributed by atoms with E-state index in [1.807, 2.05) is 29.6 Å². The number of aromatic nitrogens is 3. The number of nitrogens with zero attached hydrogens (tertiary/aromatic N) is 2. The third-order valence-corrected chi connectivity index (χ3v) is 5.23. The van der Waals surface area contributed by atoms with Gasteiger partial charge in [-0.3, -0.25) is 4.79 Å². The van der Waals surface area contributed by atoms with E-state index in [0.717, 1.165) is 16.6 Å². The van der Waals surface area contributed by atoms with Crippen LogP contribution in [0.25, 0.3) is 22.3 Å². The molecule has 2 aromatic carbocycles. The predicted octanol–water partition coefficient (Wildman–Crippen LogP) is 4.56. The van der Waals surface area contributed by atoms with E-state index in [-0.39, 0.29) is 17.5 Å². The van der Waals surface area contributed by atoms with Crippen LogP contribution in [0.4, 0.5) is 9.52 Å². The number of benzene rings is 2. The van der Waals surface area contributed by atoms with Crippen LogP contribution >= 0.6 is 23.1 Å². The van der Waals surface area contributed by atoms with Gasteiger partial charge in [0, 0.05) is 10.9 Å². The number of hydrogen-bond donors (Lipinski definition) is 2. The Morgan fingerprint density at radius 1 is 1.15 bits per heavy atom. The van der Waals surface area contributed by atoms with Crippen LogP contribution < -0.4 is 5.32 Å². The molecule has 0 spiro atoms. The number of rotatable bonds is 5. The topological polar surface area (TPSA) is 70.7 Å². The molecule has 0 radical (unpaired) electrons. The van der Waals surface area contributed by atoms with Gasteiger partial charge in [0.1, 0.15) is 5.82 Å². The number of H-pyrrole nitrogens is 1. The van der Waals surface area contributed by atoms with Crippen molar-refractivity contribution in [3.05, 3.63) is 59.7 Å². The standard InChI is InChI=1S/C18H13FN4OS2/c19-12-7-5-11(6-8-12)15-9-25-18(22-15)23-16(24)10-26-17-20-13-3-1-2-4-14(13)21-17/h1-9H,10H2,(H,20,21)(H,22,23,24). The lowest BCUT2D eigenvalue weighted by Gasteiger charge is -2.00. The Labute approximate surface area is 156 Å². The van der Waals surface area contributed by atoms with Gasteiger partial charge >= 0.3 is 0 Å². The summed E-state index contributed by atoms with van der Waals surface area (Å²) in [7, 11) is 0. The van der Waals surface area contributed by atoms with Gasteiger partial charge < -0.3 is 10.3 Å². The average molecular weight is 384 g/mol. The maximum Gasteiger partial charge on any atom is 0.236 e. The normalized spacial score (nSPS) is 11.0. The van der Waals surface area contributed by atoms with E-state index in [4.69, 9.17) is 0 Å². The molecule has 0 aliphatic heterocycles. The average Bonchev–Trinajstić information content (AvgIpc) is 3.27. The Morgan fingerprint density at radius 2 is 1.96 bits per heavy atom. The van der Waals surface area contributed by atoms with Gasteiger partial charge in [-0.15, -0.1) is 11.3 Å². The molecule has 4 aromatic rings. The molecule has 8 heteroatoms. The first-order valence-corrected chi connectivity index (χ1v) is 9.63. The van der Waals surface area contributed by atoms with Crippen LogP contribution in [-0.4, -0.2) is 26.6 Å². The number of carbonyl (C=O) groups is 1. The Kier molecular flexibility index (Phi) is 4.68. The highest BCUT2D eigenvalue weighted by molar-refractivity contribution is 7.99. The molecule has 26 heavy (non-hydrogen) atoms. The summed E-state index contributed by atoms with van der Waals surface area (Å²) in [4.78, 5) is 24.1. The minimum Gasteiger partial charge on any atom is -0.333 e. The Morgan fingerprint density at radius 3 is 2.77 bits per heavy atom. The highest BCUT2D eigenvalue weighted by Gasteiger charge is 2.10. The number of anilines is 1. The van der Waals surface area contributed by atoms with Crippen LogP contribution in [0.1, 0.15) is 0 Å². The lowest BCUT2D eigenvalue weighted by atomic mass is 10.2. The van der Waals surface area contributed by atoms with Crippen LogP contribution in [0.5, 0.6) is 0 Å². The summed E-state index contributed by atoms with van der Waals surface area (Å²) in [6.45, 7) is 0. The van der Waals surface area contributed by atoms with E-state index in [0.29, 0.717) is 16.0 Å². The van der Waals surface area contributed by atoms with Crippen molar-refractivity contribution in [2.45, 2.75) is 5.16 Å². The van der Waals surface area contributed by atoms with Gasteiger partial charge in [-0.25, -0.2) is 14.4 Å². The zero-order valence-corrected chi connectivity index (χ0v) is 15.0. The summed E-state index contributed by atoms with van der Waals surface area (Å²) < 4.78 is 13.0. The Hall–Kier alpha value is -2.71. The molecule has 0 atom stereocenters. The minimum absolute atomic E-state index is 0.157. The van der Waals surface area contributed by atoms with Crippen LogP contribution in [-0.2, 0) is 4.79 Å². The molecular formula is C18H13FN4OS2. The van der Waals surface area contributed by atoms with Crippen LogP contribution in [0.15, 0.2) is 59.1 Å². The van der Waals surface area contributed by atoms with Crippen molar-refractivity contribution in [3.63, 3.8) is 0 Å². The molecule has 0 aliphatic rings. The summed E-state index contributed by atoms with van der Waals surface area (Å²) in [5.41, 5.74) is 3.33. The van der Waals surface area contributed by atoms with Crippen molar-refractivity contribution in [2.24, 2.45) is 0 Å². The van der Waals surface area contributed by atoms with E-state index < -0.39 is 0 Å². The van der Waals surface area contributed by atoms with Crippen molar-refractivity contribution in [2.75, 3.05) is 11.1 Å². The fraction of sp³-hybridized carbons (Fsp3) is 0.0556. The second-order valence-electron chi connectivity index (χ2n) is 5.44. The third-order valence-electron chi connectivity index (χ3n) is 3.60. The summed E-state index contributed by atoms with van der Waals surface area (Å²) in [6.07, 6.45) is 0. The van der Waals surface area contributed by atoms with Crippen molar-refractivity contribution in [1.82, 2.24) is 15.0 Å². The van der Waals surface area contributed by atoms with Gasteiger partial charge in [-0.2, -0.15) is 0 Å². The van der Waals surface area contributed by atoms with E-state index in [9.17, 15) is 9.18 Å². The molecular weight excluding hydrogens is 371 g/mol. The summed E-state index contributed by atoms with van der Waals surface area (Å²) in [6, 6.07) is 13.8. The number of fused-ring (bicyclic) bond motifs is 1. The maximum absolute atomic E-state index is 13.0. The lowest BCUT2D eigenvalue weighted by Crippen LogP contribution is -2.13. The molecule has 0 aliphatic carbocycles. The first-order valence-electron chi connectivity index (χ1n) is 7.76. The molecule has 0 unspecified atom stereocenters. The number of hydrogen-bond acceptors (Lipinski definition) is 5. The molecule has 2 aromatic heterocycles. The largest absolute Gasteiger partial charge is 0.333 e. The molecule has 1 amide bonds. The van der Waals surface area contributed by atoms with Crippen LogP contribution in [0.2, 0.25) is 0 Å². The van der Waals surface area contributed by atoms with Gasteiger partial charge in [-0.05, 0) is 36.4 Å². The highest BCUT2D eigenvalue weighted by atomic mass is 32.2. The van der Waals surface area contributed by atoms with Gasteiger partial charge in [0.15, 0.2) is 10.3 Å². The number of nitrogens with one attached hydrogen (secondary N) is 2. The number of amides is 1. The van der Waals surface area contributed by atoms with Crippen molar-refractivity contribution >= 4 is 45.2 Å². The van der Waals surface area contributed by atoms with Crippen molar-refractivity contribution in [3.8, 4) is 11.3 Å². The van der Waals surface area contributed by atoms with E-state index in [1.54, 1.807) is 12.1 Å². The van der Waals surface area contributed by atoms with Gasteiger partial charge in [0.05, 0.1) is 22.5 Å². The number of carbonyl (C=O) groups excluding carboxylic acids is 1. The van der Waals surface area contributed by atoms with Crippen molar-refractivity contribution in [1.29, 1.82) is 0 Å². The summed E-state index contributed by atoms with van der Waals surface area (Å²) in [5.74, 6) is -0.221. The van der Waals surface area contributed by atoms with Crippen molar-refractivity contribution < 1.29 is 9.18 Å². The number of thiazole rings is 1. The van der Waals surface area contributed by atoms with Gasteiger partial charge in [0.25, 0.3) is 0 Å². The second-order valence-corrected chi connectivity index (χ2v) is 7.26. The quantitative estimate of drug-likeness (QED) is 0.495. The monoisotopic (exact) mass is 384 g/mol. The zero-order chi connectivity index (χ0) is 17.9. The Balaban J connectivity index is 1.36. The van der Waals surface area contributed by atoms with E-state index in [1.165, 1.54) is 35.2 Å².